The van der Waals surface area contributed by atoms with Gasteiger partial charge in [0.05, 0.1) is 18.1 Å². The van der Waals surface area contributed by atoms with E-state index in [1.807, 2.05) is 6.07 Å². The zero-order valence-corrected chi connectivity index (χ0v) is 12.2. The summed E-state index contributed by atoms with van der Waals surface area (Å²) in [5.41, 5.74) is 6.60. The van der Waals surface area contributed by atoms with Gasteiger partial charge in [0.15, 0.2) is 0 Å². The van der Waals surface area contributed by atoms with Gasteiger partial charge in [0.2, 0.25) is 5.88 Å². The molecule has 0 saturated heterocycles. The van der Waals surface area contributed by atoms with Crippen LogP contribution in [0.5, 0.6) is 0 Å². The molecule has 1 aliphatic rings. The lowest BCUT2D eigenvalue weighted by Gasteiger charge is -2.26. The molecule has 1 aromatic rings. The standard InChI is InChI=1S/C16H15FN2O3/c1-3-21-16(20)13-9(2)22-15(19)12(8-18)14(13)10-4-6-11(17)7-5-10/h4-7,14H,3,19H2,1-2H3. The molecule has 5 nitrogen and oxygen atoms in total. The van der Waals surface area contributed by atoms with Crippen LogP contribution < -0.4 is 5.73 Å². The summed E-state index contributed by atoms with van der Waals surface area (Å²) in [6.07, 6.45) is 0. The molecule has 0 spiro atoms. The molecule has 0 radical (unpaired) electrons. The number of benzene rings is 1. The average molecular weight is 302 g/mol. The van der Waals surface area contributed by atoms with Crippen LogP contribution in [0.2, 0.25) is 0 Å². The van der Waals surface area contributed by atoms with E-state index in [0.717, 1.165) is 0 Å². The number of rotatable bonds is 3. The van der Waals surface area contributed by atoms with Crippen LogP contribution in [-0.2, 0) is 14.3 Å². The molecule has 22 heavy (non-hydrogen) atoms. The van der Waals surface area contributed by atoms with Crippen molar-refractivity contribution in [1.29, 1.82) is 5.26 Å². The molecular formula is C16H15FN2O3. The highest BCUT2D eigenvalue weighted by Crippen LogP contribution is 2.39. The van der Waals surface area contributed by atoms with Gasteiger partial charge in [-0.25, -0.2) is 9.18 Å². The number of nitrogens with two attached hydrogens (primary N) is 1. The number of halogens is 1. The van der Waals surface area contributed by atoms with Crippen molar-refractivity contribution in [2.24, 2.45) is 5.73 Å². The molecule has 0 saturated carbocycles. The maximum atomic E-state index is 13.1. The third-order valence-corrected chi connectivity index (χ3v) is 3.30. The quantitative estimate of drug-likeness (QED) is 0.867. The molecule has 0 aliphatic carbocycles. The Morgan fingerprint density at radius 3 is 2.64 bits per heavy atom. The minimum absolute atomic E-state index is 0.0672. The molecule has 1 aliphatic heterocycles. The van der Waals surface area contributed by atoms with E-state index in [1.165, 1.54) is 24.3 Å². The molecule has 1 atom stereocenters. The number of esters is 1. The van der Waals surface area contributed by atoms with E-state index in [1.54, 1.807) is 13.8 Å². The summed E-state index contributed by atoms with van der Waals surface area (Å²) < 4.78 is 23.4. The van der Waals surface area contributed by atoms with Crippen LogP contribution in [0.1, 0.15) is 25.3 Å². The summed E-state index contributed by atoms with van der Waals surface area (Å²) in [6, 6.07) is 7.48. The van der Waals surface area contributed by atoms with Gasteiger partial charge >= 0.3 is 5.97 Å². The van der Waals surface area contributed by atoms with Crippen LogP contribution in [0.25, 0.3) is 0 Å². The SMILES string of the molecule is CCOC(=O)C1=C(C)OC(N)=C(C#N)C1c1ccc(F)cc1. The Hall–Kier alpha value is -2.81. The van der Waals surface area contributed by atoms with Crippen LogP contribution >= 0.6 is 0 Å². The number of nitrogens with zero attached hydrogens (tertiary/aromatic N) is 1. The second kappa shape index (κ2) is 6.31. The van der Waals surface area contributed by atoms with Crippen molar-refractivity contribution in [3.63, 3.8) is 0 Å². The Balaban J connectivity index is 2.59. The minimum atomic E-state index is -0.738. The molecule has 0 fully saturated rings. The molecule has 0 aromatic heterocycles. The molecule has 6 heteroatoms. The van der Waals surface area contributed by atoms with Crippen LogP contribution in [0.4, 0.5) is 4.39 Å². The van der Waals surface area contributed by atoms with E-state index in [4.69, 9.17) is 15.2 Å². The van der Waals surface area contributed by atoms with Gasteiger partial charge in [-0.2, -0.15) is 5.26 Å². The van der Waals surface area contributed by atoms with Gasteiger partial charge in [0, 0.05) is 0 Å². The topological polar surface area (TPSA) is 85.3 Å². The summed E-state index contributed by atoms with van der Waals surface area (Å²) in [5.74, 6) is -1.54. The largest absolute Gasteiger partial charge is 0.463 e. The van der Waals surface area contributed by atoms with E-state index in [9.17, 15) is 14.4 Å². The van der Waals surface area contributed by atoms with Gasteiger partial charge in [-0.15, -0.1) is 0 Å². The van der Waals surface area contributed by atoms with Gasteiger partial charge < -0.3 is 15.2 Å². The van der Waals surface area contributed by atoms with Crippen LogP contribution in [0.15, 0.2) is 47.1 Å². The monoisotopic (exact) mass is 302 g/mol. The zero-order chi connectivity index (χ0) is 16.3. The highest BCUT2D eigenvalue weighted by molar-refractivity contribution is 5.92. The number of nitriles is 1. The summed E-state index contributed by atoms with van der Waals surface area (Å²) in [5, 5.41) is 9.35. The Bertz CT molecular complexity index is 699. The lowest BCUT2D eigenvalue weighted by atomic mass is 9.83. The predicted octanol–water partition coefficient (Wildman–Crippen LogP) is 2.47. The van der Waals surface area contributed by atoms with Gasteiger partial charge in [0.1, 0.15) is 23.2 Å². The van der Waals surface area contributed by atoms with Crippen molar-refractivity contribution in [1.82, 2.24) is 0 Å². The van der Waals surface area contributed by atoms with Crippen LogP contribution in [0, 0.1) is 17.1 Å². The Morgan fingerprint density at radius 1 is 1.45 bits per heavy atom. The van der Waals surface area contributed by atoms with E-state index in [0.29, 0.717) is 5.56 Å². The Kier molecular flexibility index (Phi) is 4.47. The fraction of sp³-hybridized carbons (Fsp3) is 0.250. The lowest BCUT2D eigenvalue weighted by molar-refractivity contribution is -0.139. The molecule has 2 N–H and O–H groups in total. The highest BCUT2D eigenvalue weighted by atomic mass is 19.1. The van der Waals surface area contributed by atoms with Crippen molar-refractivity contribution in [3.8, 4) is 6.07 Å². The van der Waals surface area contributed by atoms with Gasteiger partial charge in [-0.1, -0.05) is 12.1 Å². The van der Waals surface area contributed by atoms with Gasteiger partial charge in [0.25, 0.3) is 0 Å². The summed E-state index contributed by atoms with van der Waals surface area (Å²) in [4.78, 5) is 12.2. The van der Waals surface area contributed by atoms with Crippen molar-refractivity contribution < 1.29 is 18.7 Å². The van der Waals surface area contributed by atoms with Gasteiger partial charge in [-0.3, -0.25) is 0 Å². The number of ether oxygens (including phenoxy) is 2. The third-order valence-electron chi connectivity index (χ3n) is 3.30. The fourth-order valence-corrected chi connectivity index (χ4v) is 2.34. The van der Waals surface area contributed by atoms with E-state index in [2.05, 4.69) is 0 Å². The molecular weight excluding hydrogens is 287 g/mol. The number of carbonyl (C=O) groups excluding carboxylic acids is 1. The summed E-state index contributed by atoms with van der Waals surface area (Å²) in [7, 11) is 0. The van der Waals surface area contributed by atoms with Gasteiger partial charge in [-0.05, 0) is 31.5 Å². The molecule has 2 rings (SSSR count). The Morgan fingerprint density at radius 2 is 2.09 bits per heavy atom. The normalized spacial score (nSPS) is 17.8. The number of hydrogen-bond acceptors (Lipinski definition) is 5. The first-order chi connectivity index (χ1) is 10.5. The summed E-state index contributed by atoms with van der Waals surface area (Å²) in [6.45, 7) is 3.44. The second-order valence-electron chi connectivity index (χ2n) is 4.67. The third kappa shape index (κ3) is 2.79. The van der Waals surface area contributed by atoms with E-state index in [-0.39, 0.29) is 29.4 Å². The minimum Gasteiger partial charge on any atom is -0.463 e. The first-order valence-corrected chi connectivity index (χ1v) is 6.70. The number of hydrogen-bond donors (Lipinski definition) is 1. The van der Waals surface area contributed by atoms with Crippen molar-refractivity contribution >= 4 is 5.97 Å². The molecule has 1 aromatic carbocycles. The molecule has 1 unspecified atom stereocenters. The summed E-state index contributed by atoms with van der Waals surface area (Å²) >= 11 is 0. The first-order valence-electron chi connectivity index (χ1n) is 6.70. The second-order valence-corrected chi connectivity index (χ2v) is 4.67. The number of carbonyl (C=O) groups is 1. The first kappa shape index (κ1) is 15.6. The number of allylic oxidation sites excluding steroid dienone is 2. The highest BCUT2D eigenvalue weighted by Gasteiger charge is 2.36. The predicted molar refractivity (Wildman–Crippen MR) is 76.4 cm³/mol. The fourth-order valence-electron chi connectivity index (χ4n) is 2.34. The van der Waals surface area contributed by atoms with E-state index >= 15 is 0 Å². The Labute approximate surface area is 127 Å². The smallest absolute Gasteiger partial charge is 0.338 e. The van der Waals surface area contributed by atoms with E-state index < -0.39 is 17.7 Å². The zero-order valence-electron chi connectivity index (χ0n) is 12.2. The lowest BCUT2D eigenvalue weighted by Crippen LogP contribution is -2.25. The molecule has 0 bridgehead atoms. The maximum Gasteiger partial charge on any atom is 0.338 e. The molecule has 114 valence electrons. The maximum absolute atomic E-state index is 13.1. The van der Waals surface area contributed by atoms with Crippen LogP contribution in [-0.4, -0.2) is 12.6 Å². The van der Waals surface area contributed by atoms with Crippen LogP contribution in [0.3, 0.4) is 0 Å². The van der Waals surface area contributed by atoms with Crippen molar-refractivity contribution in [2.75, 3.05) is 6.61 Å². The average Bonchev–Trinajstić information content (AvgIpc) is 2.47. The van der Waals surface area contributed by atoms with Crippen molar-refractivity contribution in [2.45, 2.75) is 19.8 Å². The molecule has 1 heterocycles. The van der Waals surface area contributed by atoms with Crippen molar-refractivity contribution in [3.05, 3.63) is 58.4 Å². The molecule has 0 amide bonds.